The van der Waals surface area contributed by atoms with Gasteiger partial charge in [0.2, 0.25) is 0 Å². The van der Waals surface area contributed by atoms with Crippen LogP contribution in [-0.2, 0) is 9.84 Å². The Kier molecular flexibility index (Phi) is 4.48. The van der Waals surface area contributed by atoms with Gasteiger partial charge in [-0.25, -0.2) is 8.42 Å². The van der Waals surface area contributed by atoms with Crippen molar-refractivity contribution in [3.8, 4) is 0 Å². The standard InChI is InChI=1S/C13H16N2O4S2/c1-8(5-6-21(2,17)18)14-12(16)9-3-4-10-11(7-9)19-13(20)15-10/h3-4,7-8H,5-6H2,1-2H3,(H,14,16)(H,15,20)/t8-/m1/s1. The average molecular weight is 328 g/mol. The number of aromatic nitrogens is 1. The highest BCUT2D eigenvalue weighted by molar-refractivity contribution is 7.90. The van der Waals surface area contributed by atoms with Crippen LogP contribution in [-0.4, -0.2) is 37.4 Å². The van der Waals surface area contributed by atoms with E-state index in [9.17, 15) is 13.2 Å². The molecule has 1 heterocycles. The molecule has 1 atom stereocenters. The van der Waals surface area contributed by atoms with E-state index in [-0.39, 0.29) is 22.5 Å². The van der Waals surface area contributed by atoms with Gasteiger partial charge in [-0.3, -0.25) is 4.79 Å². The zero-order chi connectivity index (χ0) is 15.6. The quantitative estimate of drug-likeness (QED) is 0.820. The molecule has 2 N–H and O–H groups in total. The van der Waals surface area contributed by atoms with Crippen molar-refractivity contribution < 1.29 is 17.6 Å². The van der Waals surface area contributed by atoms with Crippen LogP contribution in [0, 0.1) is 4.84 Å². The van der Waals surface area contributed by atoms with Crippen molar-refractivity contribution in [3.05, 3.63) is 28.6 Å². The van der Waals surface area contributed by atoms with E-state index in [2.05, 4.69) is 10.3 Å². The van der Waals surface area contributed by atoms with Gasteiger partial charge in [-0.2, -0.15) is 0 Å². The minimum Gasteiger partial charge on any atom is -0.429 e. The van der Waals surface area contributed by atoms with Crippen LogP contribution in [0.4, 0.5) is 0 Å². The lowest BCUT2D eigenvalue weighted by Crippen LogP contribution is -2.33. The van der Waals surface area contributed by atoms with Crippen LogP contribution in [0.2, 0.25) is 0 Å². The fraction of sp³-hybridized carbons (Fsp3) is 0.385. The van der Waals surface area contributed by atoms with Gasteiger partial charge >= 0.3 is 0 Å². The normalized spacial score (nSPS) is 13.2. The minimum absolute atomic E-state index is 0.0416. The first-order valence-corrected chi connectivity index (χ1v) is 8.83. The molecular weight excluding hydrogens is 312 g/mol. The predicted molar refractivity (Wildman–Crippen MR) is 82.7 cm³/mol. The first kappa shape index (κ1) is 15.7. The van der Waals surface area contributed by atoms with Crippen LogP contribution in [0.1, 0.15) is 23.7 Å². The second-order valence-electron chi connectivity index (χ2n) is 5.02. The van der Waals surface area contributed by atoms with Gasteiger partial charge in [-0.15, -0.1) is 0 Å². The number of carbonyl (C=O) groups is 1. The summed E-state index contributed by atoms with van der Waals surface area (Å²) in [6, 6.07) is 4.73. The van der Waals surface area contributed by atoms with Crippen LogP contribution in [0.5, 0.6) is 0 Å². The van der Waals surface area contributed by atoms with Crippen molar-refractivity contribution in [2.24, 2.45) is 0 Å². The van der Waals surface area contributed by atoms with Gasteiger partial charge in [-0.1, -0.05) is 0 Å². The molecule has 1 amide bonds. The van der Waals surface area contributed by atoms with Crippen molar-refractivity contribution in [1.29, 1.82) is 0 Å². The number of hydrogen-bond donors (Lipinski definition) is 2. The van der Waals surface area contributed by atoms with Crippen LogP contribution < -0.4 is 5.32 Å². The number of carbonyl (C=O) groups excluding carboxylic acids is 1. The minimum atomic E-state index is -3.03. The summed E-state index contributed by atoms with van der Waals surface area (Å²) in [6.45, 7) is 1.77. The summed E-state index contributed by atoms with van der Waals surface area (Å²) in [5, 5.41) is 2.76. The van der Waals surface area contributed by atoms with Crippen molar-refractivity contribution in [3.63, 3.8) is 0 Å². The van der Waals surface area contributed by atoms with Gasteiger partial charge in [0, 0.05) is 17.9 Å². The summed E-state index contributed by atoms with van der Waals surface area (Å²) in [4.78, 5) is 15.2. The van der Waals surface area contributed by atoms with E-state index in [1.807, 2.05) is 0 Å². The number of amides is 1. The lowest BCUT2D eigenvalue weighted by atomic mass is 10.1. The van der Waals surface area contributed by atoms with Gasteiger partial charge in [0.1, 0.15) is 9.84 Å². The van der Waals surface area contributed by atoms with Gasteiger partial charge in [0.05, 0.1) is 11.3 Å². The maximum absolute atomic E-state index is 12.1. The number of sulfone groups is 1. The van der Waals surface area contributed by atoms with E-state index < -0.39 is 9.84 Å². The van der Waals surface area contributed by atoms with Crippen molar-refractivity contribution in [2.45, 2.75) is 19.4 Å². The topological polar surface area (TPSA) is 92.2 Å². The molecule has 0 radical (unpaired) electrons. The molecule has 0 aliphatic rings. The molecule has 1 aromatic heterocycles. The largest absolute Gasteiger partial charge is 0.429 e. The smallest absolute Gasteiger partial charge is 0.266 e. The van der Waals surface area contributed by atoms with Crippen LogP contribution in [0.15, 0.2) is 22.6 Å². The second-order valence-corrected chi connectivity index (χ2v) is 7.65. The Bertz CT molecular complexity index is 820. The summed E-state index contributed by atoms with van der Waals surface area (Å²) in [5.74, 6) is -0.236. The molecule has 0 saturated heterocycles. The number of rotatable bonds is 5. The van der Waals surface area contributed by atoms with Crippen molar-refractivity contribution in [2.75, 3.05) is 12.0 Å². The summed E-state index contributed by atoms with van der Waals surface area (Å²) in [7, 11) is -3.03. The third kappa shape index (κ3) is 4.40. The Labute approximate surface area is 127 Å². The molecule has 114 valence electrons. The zero-order valence-electron chi connectivity index (χ0n) is 11.7. The van der Waals surface area contributed by atoms with Crippen LogP contribution in [0.25, 0.3) is 11.1 Å². The van der Waals surface area contributed by atoms with Gasteiger partial charge < -0.3 is 14.7 Å². The SMILES string of the molecule is C[C@H](CCS(C)(=O)=O)NC(=O)c1ccc2[nH]c(=S)oc2c1. The van der Waals surface area contributed by atoms with E-state index in [1.165, 1.54) is 6.26 Å². The van der Waals surface area contributed by atoms with Gasteiger partial charge in [-0.05, 0) is 43.8 Å². The third-order valence-corrected chi connectivity index (χ3v) is 4.15. The predicted octanol–water partition coefficient (Wildman–Crippen LogP) is 2.04. The van der Waals surface area contributed by atoms with Crippen molar-refractivity contribution in [1.82, 2.24) is 10.3 Å². The highest BCUT2D eigenvalue weighted by Gasteiger charge is 2.13. The second kappa shape index (κ2) is 5.98. The molecule has 21 heavy (non-hydrogen) atoms. The van der Waals surface area contributed by atoms with Crippen LogP contribution in [0.3, 0.4) is 0 Å². The molecule has 0 aliphatic heterocycles. The Morgan fingerprint density at radius 3 is 2.86 bits per heavy atom. The number of fused-ring (bicyclic) bond motifs is 1. The number of aromatic amines is 1. The zero-order valence-corrected chi connectivity index (χ0v) is 13.3. The lowest BCUT2D eigenvalue weighted by molar-refractivity contribution is 0.0939. The Hall–Kier alpha value is -1.67. The molecule has 1 aromatic carbocycles. The number of nitrogens with one attached hydrogen (secondary N) is 2. The first-order chi connectivity index (χ1) is 9.74. The average Bonchev–Trinajstić information content (AvgIpc) is 2.74. The highest BCUT2D eigenvalue weighted by atomic mass is 32.2. The van der Waals surface area contributed by atoms with E-state index in [1.54, 1.807) is 25.1 Å². The number of benzene rings is 1. The molecule has 0 fully saturated rings. The molecule has 0 spiro atoms. The molecule has 0 saturated carbocycles. The molecule has 6 nitrogen and oxygen atoms in total. The van der Waals surface area contributed by atoms with E-state index in [0.29, 0.717) is 17.6 Å². The first-order valence-electron chi connectivity index (χ1n) is 6.36. The Balaban J connectivity index is 2.06. The Morgan fingerprint density at radius 2 is 2.19 bits per heavy atom. The fourth-order valence-corrected chi connectivity index (χ4v) is 2.84. The molecular formula is C13H16N2O4S2. The molecule has 0 aliphatic carbocycles. The van der Waals surface area contributed by atoms with Crippen molar-refractivity contribution >= 4 is 39.1 Å². The Morgan fingerprint density at radius 1 is 1.48 bits per heavy atom. The van der Waals surface area contributed by atoms with E-state index >= 15 is 0 Å². The highest BCUT2D eigenvalue weighted by Crippen LogP contribution is 2.15. The fourth-order valence-electron chi connectivity index (χ4n) is 1.86. The molecule has 2 aromatic rings. The summed E-state index contributed by atoms with van der Waals surface area (Å²) in [5.41, 5.74) is 1.67. The van der Waals surface area contributed by atoms with E-state index in [4.69, 9.17) is 16.6 Å². The maximum atomic E-state index is 12.1. The lowest BCUT2D eigenvalue weighted by Gasteiger charge is -2.13. The summed E-state index contributed by atoms with van der Waals surface area (Å²) >= 11 is 4.88. The molecule has 8 heteroatoms. The third-order valence-electron chi connectivity index (χ3n) is 2.98. The summed E-state index contributed by atoms with van der Waals surface area (Å²) < 4.78 is 27.5. The maximum Gasteiger partial charge on any atom is 0.266 e. The van der Waals surface area contributed by atoms with Crippen LogP contribution >= 0.6 is 12.2 Å². The number of oxazole rings is 1. The van der Waals surface area contributed by atoms with E-state index in [0.717, 1.165) is 5.52 Å². The molecule has 2 rings (SSSR count). The monoisotopic (exact) mass is 328 g/mol. The number of H-pyrrole nitrogens is 1. The summed E-state index contributed by atoms with van der Waals surface area (Å²) in [6.07, 6.45) is 1.55. The van der Waals surface area contributed by atoms with Gasteiger partial charge in [0.15, 0.2) is 5.58 Å². The van der Waals surface area contributed by atoms with Gasteiger partial charge in [0.25, 0.3) is 10.7 Å². The molecule has 0 unspecified atom stereocenters. The molecule has 0 bridgehead atoms. The number of hydrogen-bond acceptors (Lipinski definition) is 5.